The van der Waals surface area contributed by atoms with E-state index in [0.717, 1.165) is 52.6 Å². The average molecular weight is 507 g/mol. The number of hydrogen-bond donors (Lipinski definition) is 1. The summed E-state index contributed by atoms with van der Waals surface area (Å²) in [4.78, 5) is 16.3. The number of carbonyl (C=O) groups is 1. The minimum atomic E-state index is -0.295. The molecule has 1 aliphatic rings. The summed E-state index contributed by atoms with van der Waals surface area (Å²) < 4.78 is 16.1. The fourth-order valence-corrected chi connectivity index (χ4v) is 6.40. The average Bonchev–Trinajstić information content (AvgIpc) is 3.25. The highest BCUT2D eigenvalue weighted by Gasteiger charge is 2.30. The molecule has 0 radical (unpaired) electrons. The summed E-state index contributed by atoms with van der Waals surface area (Å²) in [6.45, 7) is 0.225. The third-order valence-corrected chi connectivity index (χ3v) is 8.56. The van der Waals surface area contributed by atoms with Gasteiger partial charge in [0.2, 0.25) is 0 Å². The molecule has 1 amide bonds. The molecule has 180 valence electrons. The normalized spacial score (nSPS) is 14.3. The number of hydrogen-bond acceptors (Lipinski definition) is 3. The number of nitrogens with one attached hydrogen (secondary N) is 1. The molecule has 1 heterocycles. The summed E-state index contributed by atoms with van der Waals surface area (Å²) in [5.74, 6) is -0.400. The molecule has 0 atom stereocenters. The highest BCUT2D eigenvalue weighted by Crippen LogP contribution is 2.37. The van der Waals surface area contributed by atoms with Gasteiger partial charge in [-0.05, 0) is 54.3 Å². The molecule has 6 heteroatoms. The quantitative estimate of drug-likeness (QED) is 0.285. The van der Waals surface area contributed by atoms with Crippen molar-refractivity contribution in [2.75, 3.05) is 12.4 Å². The number of fused-ring (bicyclic) bond motifs is 1. The van der Waals surface area contributed by atoms with Crippen molar-refractivity contribution in [2.24, 2.45) is 0 Å². The molecule has 4 aromatic rings. The second kappa shape index (κ2) is 10.4. The van der Waals surface area contributed by atoms with E-state index in [-0.39, 0.29) is 24.3 Å². The predicted octanol–water partition coefficient (Wildman–Crippen LogP) is 8.38. The molecule has 1 aromatic heterocycles. The molecule has 0 saturated heterocycles. The second-order valence-electron chi connectivity index (χ2n) is 9.10. The van der Waals surface area contributed by atoms with E-state index >= 15 is 4.39 Å². The molecule has 3 aromatic carbocycles. The molecule has 1 N–H and O–H groups in total. The topological polar surface area (TPSA) is 32.3 Å². The van der Waals surface area contributed by atoms with Crippen molar-refractivity contribution < 1.29 is 9.18 Å². The highest BCUT2D eigenvalue weighted by atomic mass is 35.5. The molecule has 1 saturated carbocycles. The van der Waals surface area contributed by atoms with E-state index in [1.807, 2.05) is 66.5 Å². The molecular weight excluding hydrogens is 479 g/mol. The fourth-order valence-electron chi connectivity index (χ4n) is 4.93. The minimum Gasteiger partial charge on any atom is -0.388 e. The number of halogens is 2. The summed E-state index contributed by atoms with van der Waals surface area (Å²) in [5, 5.41) is 4.51. The molecule has 5 rings (SSSR count). The zero-order chi connectivity index (χ0) is 24.4. The lowest BCUT2D eigenvalue weighted by Crippen LogP contribution is -2.41. The van der Waals surface area contributed by atoms with Gasteiger partial charge in [-0.3, -0.25) is 4.79 Å². The van der Waals surface area contributed by atoms with Crippen LogP contribution in [0, 0.1) is 5.82 Å². The first-order valence-electron chi connectivity index (χ1n) is 12.1. The number of rotatable bonds is 6. The lowest BCUT2D eigenvalue weighted by atomic mass is 9.93. The Bertz CT molecular complexity index is 1340. The van der Waals surface area contributed by atoms with Gasteiger partial charge in [0.1, 0.15) is 10.7 Å². The van der Waals surface area contributed by atoms with Crippen LogP contribution in [0.25, 0.3) is 21.2 Å². The highest BCUT2D eigenvalue weighted by molar-refractivity contribution is 7.21. The fraction of sp³-hybridized carbons (Fsp3) is 0.276. The van der Waals surface area contributed by atoms with Gasteiger partial charge in [-0.15, -0.1) is 11.3 Å². The molecule has 0 aliphatic heterocycles. The summed E-state index contributed by atoms with van der Waals surface area (Å²) in [6, 6.07) is 21.1. The molecule has 3 nitrogen and oxygen atoms in total. The Balaban J connectivity index is 1.50. The van der Waals surface area contributed by atoms with Gasteiger partial charge >= 0.3 is 0 Å². The van der Waals surface area contributed by atoms with Gasteiger partial charge in [0.15, 0.2) is 0 Å². The molecule has 0 bridgehead atoms. The van der Waals surface area contributed by atoms with E-state index in [0.29, 0.717) is 15.5 Å². The number of thiophene rings is 1. The first-order valence-corrected chi connectivity index (χ1v) is 13.3. The number of carbonyl (C=O) groups excluding carboxylic acids is 1. The van der Waals surface area contributed by atoms with Gasteiger partial charge in [0, 0.05) is 41.0 Å². The third-order valence-electron chi connectivity index (χ3n) is 6.90. The number of benzene rings is 3. The summed E-state index contributed by atoms with van der Waals surface area (Å²) in [7, 11) is 1.88. The summed E-state index contributed by atoms with van der Waals surface area (Å²) in [6.07, 6.45) is 5.20. The zero-order valence-electron chi connectivity index (χ0n) is 19.7. The zero-order valence-corrected chi connectivity index (χ0v) is 21.3. The van der Waals surface area contributed by atoms with Crippen LogP contribution in [0.5, 0.6) is 0 Å². The minimum absolute atomic E-state index is 0.0792. The van der Waals surface area contributed by atoms with E-state index in [1.165, 1.54) is 23.8 Å². The molecule has 0 spiro atoms. The number of anilines is 1. The molecular formula is C29H28ClFN2OS. The predicted molar refractivity (Wildman–Crippen MR) is 145 cm³/mol. The van der Waals surface area contributed by atoms with Crippen LogP contribution >= 0.6 is 22.9 Å². The first kappa shape index (κ1) is 23.8. The first-order chi connectivity index (χ1) is 17.0. The Kier molecular flexibility index (Phi) is 7.07. The van der Waals surface area contributed by atoms with Crippen molar-refractivity contribution in [3.8, 4) is 11.1 Å². The number of nitrogens with zero attached hydrogens (tertiary/aromatic N) is 1. The molecule has 1 fully saturated rings. The maximum atomic E-state index is 15.1. The maximum Gasteiger partial charge on any atom is 0.266 e. The van der Waals surface area contributed by atoms with E-state index < -0.39 is 0 Å². The van der Waals surface area contributed by atoms with Crippen LogP contribution in [0.4, 0.5) is 10.1 Å². The smallest absolute Gasteiger partial charge is 0.266 e. The van der Waals surface area contributed by atoms with Crippen molar-refractivity contribution >= 4 is 44.6 Å². The van der Waals surface area contributed by atoms with Gasteiger partial charge in [0.25, 0.3) is 5.91 Å². The second-order valence-corrected chi connectivity index (χ2v) is 10.5. The third kappa shape index (κ3) is 4.93. The van der Waals surface area contributed by atoms with Crippen LogP contribution in [0.3, 0.4) is 0 Å². The molecule has 0 unspecified atom stereocenters. The Morgan fingerprint density at radius 2 is 1.74 bits per heavy atom. The van der Waals surface area contributed by atoms with Crippen LogP contribution in [-0.2, 0) is 6.54 Å². The van der Waals surface area contributed by atoms with Gasteiger partial charge in [-0.25, -0.2) is 4.39 Å². The van der Waals surface area contributed by atoms with Crippen LogP contribution in [0.1, 0.15) is 47.3 Å². The Morgan fingerprint density at radius 1 is 1.03 bits per heavy atom. The summed E-state index contributed by atoms with van der Waals surface area (Å²) >= 11 is 8.10. The van der Waals surface area contributed by atoms with Crippen molar-refractivity contribution in [3.05, 3.63) is 88.0 Å². The largest absolute Gasteiger partial charge is 0.388 e. The van der Waals surface area contributed by atoms with E-state index in [1.54, 1.807) is 6.07 Å². The Hall–Kier alpha value is -2.89. The van der Waals surface area contributed by atoms with Crippen LogP contribution in [0.2, 0.25) is 5.02 Å². The summed E-state index contributed by atoms with van der Waals surface area (Å²) in [5.41, 5.74) is 3.48. The van der Waals surface area contributed by atoms with Crippen LogP contribution in [0.15, 0.2) is 66.7 Å². The standard InChI is InChI=1S/C29H28ClFN2OS/c1-32-22-14-11-19(12-15-22)20-13-16-25(31)21(17-20)18-33(23-7-3-2-4-8-23)29(34)28-27(30)24-9-5-6-10-26(24)35-28/h5-6,9-17,23,32H,2-4,7-8,18H2,1H3. The van der Waals surface area contributed by atoms with Crippen LogP contribution < -0.4 is 5.32 Å². The Morgan fingerprint density at radius 3 is 2.46 bits per heavy atom. The van der Waals surface area contributed by atoms with Crippen LogP contribution in [-0.4, -0.2) is 23.9 Å². The van der Waals surface area contributed by atoms with E-state index in [9.17, 15) is 4.79 Å². The van der Waals surface area contributed by atoms with Gasteiger partial charge in [0.05, 0.1) is 5.02 Å². The van der Waals surface area contributed by atoms with E-state index in [4.69, 9.17) is 11.6 Å². The lowest BCUT2D eigenvalue weighted by molar-refractivity contribution is 0.0617. The van der Waals surface area contributed by atoms with Gasteiger partial charge < -0.3 is 10.2 Å². The SMILES string of the molecule is CNc1ccc(-c2ccc(F)c(CN(C(=O)c3sc4ccccc4c3Cl)C3CCCCC3)c2)cc1. The number of amides is 1. The lowest BCUT2D eigenvalue weighted by Gasteiger charge is -2.34. The van der Waals surface area contributed by atoms with Crippen molar-refractivity contribution in [2.45, 2.75) is 44.7 Å². The van der Waals surface area contributed by atoms with Crippen molar-refractivity contribution in [1.29, 1.82) is 0 Å². The monoisotopic (exact) mass is 506 g/mol. The van der Waals surface area contributed by atoms with Gasteiger partial charge in [-0.1, -0.05) is 67.3 Å². The maximum absolute atomic E-state index is 15.1. The van der Waals surface area contributed by atoms with Crippen molar-refractivity contribution in [3.63, 3.8) is 0 Å². The molecule has 35 heavy (non-hydrogen) atoms. The van der Waals surface area contributed by atoms with Gasteiger partial charge in [-0.2, -0.15) is 0 Å². The van der Waals surface area contributed by atoms with Crippen molar-refractivity contribution in [1.82, 2.24) is 4.90 Å². The molecule has 1 aliphatic carbocycles. The Labute approximate surface area is 214 Å². The van der Waals surface area contributed by atoms with E-state index in [2.05, 4.69) is 5.32 Å².